The van der Waals surface area contributed by atoms with Gasteiger partial charge in [-0.25, -0.2) is 9.48 Å². The lowest BCUT2D eigenvalue weighted by Gasteiger charge is -2.15. The highest BCUT2D eigenvalue weighted by atomic mass is 19.4. The van der Waals surface area contributed by atoms with Crippen LogP contribution in [0.2, 0.25) is 0 Å². The highest BCUT2D eigenvalue weighted by molar-refractivity contribution is 5.86. The number of carboxylic acids is 1. The van der Waals surface area contributed by atoms with Crippen molar-refractivity contribution in [2.45, 2.75) is 32.0 Å². The number of aromatic nitrogens is 3. The molecule has 1 aliphatic heterocycles. The second-order valence-corrected chi connectivity index (χ2v) is 4.72. The second kappa shape index (κ2) is 5.78. The Morgan fingerprint density at radius 2 is 1.90 bits per heavy atom. The lowest BCUT2D eigenvalue weighted by Crippen LogP contribution is -2.23. The molecule has 0 saturated carbocycles. The van der Waals surface area contributed by atoms with Crippen molar-refractivity contribution in [2.75, 3.05) is 19.6 Å². The van der Waals surface area contributed by atoms with Crippen molar-refractivity contribution in [3.63, 3.8) is 0 Å². The van der Waals surface area contributed by atoms with E-state index in [0.717, 1.165) is 25.9 Å². The molecule has 0 radical (unpaired) electrons. The first kappa shape index (κ1) is 14.8. The number of hydrogen-bond donors (Lipinski definition) is 1. The van der Waals surface area contributed by atoms with Crippen molar-refractivity contribution in [3.8, 4) is 0 Å². The number of alkyl halides is 3. The van der Waals surface area contributed by atoms with Crippen LogP contribution in [0, 0.1) is 0 Å². The van der Waals surface area contributed by atoms with Crippen LogP contribution in [0.25, 0.3) is 0 Å². The fourth-order valence-corrected chi connectivity index (χ4v) is 2.34. The largest absolute Gasteiger partial charge is 0.476 e. The molecule has 0 spiro atoms. The lowest BCUT2D eigenvalue weighted by molar-refractivity contribution is -0.144. The van der Waals surface area contributed by atoms with Gasteiger partial charge in [0.1, 0.15) is 0 Å². The van der Waals surface area contributed by atoms with Crippen molar-refractivity contribution < 1.29 is 23.1 Å². The molecule has 112 valence electrons. The van der Waals surface area contributed by atoms with E-state index in [-0.39, 0.29) is 6.54 Å². The number of carboxylic acid groups (broad SMARTS) is 1. The number of hydrogen-bond acceptors (Lipinski definition) is 4. The molecular formula is C11H15F3N4O2. The highest BCUT2D eigenvalue weighted by Crippen LogP contribution is 2.31. The minimum atomic E-state index is -4.77. The zero-order valence-electron chi connectivity index (χ0n) is 10.7. The first-order valence-corrected chi connectivity index (χ1v) is 6.36. The van der Waals surface area contributed by atoms with Crippen molar-refractivity contribution in [1.82, 2.24) is 19.9 Å². The Balaban J connectivity index is 2.05. The Morgan fingerprint density at radius 3 is 2.45 bits per heavy atom. The summed E-state index contributed by atoms with van der Waals surface area (Å²) in [5, 5.41) is 15.1. The zero-order valence-corrected chi connectivity index (χ0v) is 10.7. The fourth-order valence-electron chi connectivity index (χ4n) is 2.34. The van der Waals surface area contributed by atoms with Crippen LogP contribution in [0.4, 0.5) is 13.2 Å². The first-order valence-electron chi connectivity index (χ1n) is 6.36. The molecule has 0 bridgehead atoms. The first-order chi connectivity index (χ1) is 9.39. The number of carbonyl (C=O) groups is 1. The molecule has 20 heavy (non-hydrogen) atoms. The molecule has 1 aromatic heterocycles. The summed E-state index contributed by atoms with van der Waals surface area (Å²) in [6, 6.07) is 0. The third-order valence-corrected chi connectivity index (χ3v) is 3.25. The summed E-state index contributed by atoms with van der Waals surface area (Å²) in [5.41, 5.74) is -2.33. The molecule has 0 aromatic carbocycles. The van der Waals surface area contributed by atoms with Gasteiger partial charge in [0.05, 0.1) is 0 Å². The molecule has 1 saturated heterocycles. The number of rotatable bonds is 5. The van der Waals surface area contributed by atoms with Gasteiger partial charge in [-0.1, -0.05) is 5.21 Å². The molecule has 6 nitrogen and oxygen atoms in total. The molecule has 0 atom stereocenters. The number of nitrogens with zero attached hydrogens (tertiary/aromatic N) is 4. The van der Waals surface area contributed by atoms with Gasteiger partial charge in [-0.15, -0.1) is 5.10 Å². The Hall–Kier alpha value is -1.64. The monoisotopic (exact) mass is 292 g/mol. The van der Waals surface area contributed by atoms with Crippen LogP contribution in [0.1, 0.15) is 35.4 Å². The van der Waals surface area contributed by atoms with Gasteiger partial charge in [0.2, 0.25) is 5.69 Å². The minimum absolute atomic E-state index is 0.00558. The zero-order chi connectivity index (χ0) is 14.8. The summed E-state index contributed by atoms with van der Waals surface area (Å²) in [6.07, 6.45) is -2.07. The van der Waals surface area contributed by atoms with Crippen LogP contribution in [-0.4, -0.2) is 50.6 Å². The van der Waals surface area contributed by atoms with Crippen LogP contribution in [0.3, 0.4) is 0 Å². The van der Waals surface area contributed by atoms with Crippen molar-refractivity contribution in [1.29, 1.82) is 0 Å². The van der Waals surface area contributed by atoms with Crippen molar-refractivity contribution >= 4 is 5.97 Å². The molecule has 2 rings (SSSR count). The minimum Gasteiger partial charge on any atom is -0.476 e. The number of aromatic carboxylic acids is 1. The van der Waals surface area contributed by atoms with Crippen molar-refractivity contribution in [2.24, 2.45) is 0 Å². The lowest BCUT2D eigenvalue weighted by atomic mass is 10.3. The van der Waals surface area contributed by atoms with Gasteiger partial charge in [0.15, 0.2) is 5.69 Å². The number of aryl methyl sites for hydroxylation is 1. The molecule has 0 unspecified atom stereocenters. The van der Waals surface area contributed by atoms with Gasteiger partial charge in [0.25, 0.3) is 0 Å². The normalized spacial score (nSPS) is 16.8. The molecule has 1 N–H and O–H groups in total. The molecule has 2 heterocycles. The third-order valence-electron chi connectivity index (χ3n) is 3.25. The molecule has 0 aliphatic carbocycles. The summed E-state index contributed by atoms with van der Waals surface area (Å²) in [4.78, 5) is 12.9. The van der Waals surface area contributed by atoms with Crippen LogP contribution < -0.4 is 0 Å². The van der Waals surface area contributed by atoms with E-state index in [1.54, 1.807) is 0 Å². The van der Waals surface area contributed by atoms with Gasteiger partial charge >= 0.3 is 12.1 Å². The average Bonchev–Trinajstić information content (AvgIpc) is 2.96. The van der Waals surface area contributed by atoms with Crippen LogP contribution in [-0.2, 0) is 12.7 Å². The summed E-state index contributed by atoms with van der Waals surface area (Å²) in [6.45, 7) is 2.61. The average molecular weight is 292 g/mol. The number of likely N-dealkylation sites (tertiary alicyclic amines) is 1. The molecule has 1 aliphatic rings. The second-order valence-electron chi connectivity index (χ2n) is 4.72. The molecular weight excluding hydrogens is 277 g/mol. The Kier molecular flexibility index (Phi) is 4.26. The van der Waals surface area contributed by atoms with Gasteiger partial charge in [-0.3, -0.25) is 0 Å². The number of halogens is 3. The van der Waals surface area contributed by atoms with E-state index in [9.17, 15) is 18.0 Å². The summed E-state index contributed by atoms with van der Waals surface area (Å²) in [7, 11) is 0. The maximum absolute atomic E-state index is 12.9. The van der Waals surface area contributed by atoms with Crippen LogP contribution in [0.15, 0.2) is 0 Å². The maximum Gasteiger partial charge on any atom is 0.435 e. The van der Waals surface area contributed by atoms with Gasteiger partial charge in [0, 0.05) is 6.54 Å². The SMILES string of the molecule is O=C(O)c1nnn(CCCN2CCCC2)c1C(F)(F)F. The summed E-state index contributed by atoms with van der Waals surface area (Å²) >= 11 is 0. The molecule has 0 amide bonds. The topological polar surface area (TPSA) is 71.2 Å². The molecule has 9 heteroatoms. The smallest absolute Gasteiger partial charge is 0.435 e. The van der Waals surface area contributed by atoms with Crippen LogP contribution in [0.5, 0.6) is 0 Å². The third kappa shape index (κ3) is 3.27. The Labute approximate surface area is 113 Å². The quantitative estimate of drug-likeness (QED) is 0.890. The van der Waals surface area contributed by atoms with Crippen molar-refractivity contribution in [3.05, 3.63) is 11.4 Å². The van der Waals surface area contributed by atoms with E-state index in [4.69, 9.17) is 5.11 Å². The van der Waals surface area contributed by atoms with Crippen LogP contribution >= 0.6 is 0 Å². The van der Waals surface area contributed by atoms with E-state index in [2.05, 4.69) is 15.2 Å². The fraction of sp³-hybridized carbons (Fsp3) is 0.727. The standard InChI is InChI=1S/C11H15F3N4O2/c12-11(13,14)9-8(10(19)20)15-16-18(9)7-3-6-17-4-1-2-5-17/h1-7H2,(H,19,20). The summed E-state index contributed by atoms with van der Waals surface area (Å²) < 4.78 is 39.2. The van der Waals surface area contributed by atoms with Gasteiger partial charge < -0.3 is 10.0 Å². The predicted molar refractivity (Wildman–Crippen MR) is 62.3 cm³/mol. The van der Waals surface area contributed by atoms with Gasteiger partial charge in [-0.2, -0.15) is 13.2 Å². The molecule has 1 fully saturated rings. The van der Waals surface area contributed by atoms with E-state index in [1.807, 2.05) is 0 Å². The Morgan fingerprint density at radius 1 is 1.25 bits per heavy atom. The van der Waals surface area contributed by atoms with E-state index < -0.39 is 23.5 Å². The van der Waals surface area contributed by atoms with E-state index in [0.29, 0.717) is 17.6 Å². The van der Waals surface area contributed by atoms with E-state index in [1.165, 1.54) is 0 Å². The molecule has 1 aromatic rings. The predicted octanol–water partition coefficient (Wildman–Crippen LogP) is 1.48. The maximum atomic E-state index is 12.9. The van der Waals surface area contributed by atoms with E-state index >= 15 is 0 Å². The summed E-state index contributed by atoms with van der Waals surface area (Å²) in [5.74, 6) is -1.72. The Bertz CT molecular complexity index is 481. The van der Waals surface area contributed by atoms with Gasteiger partial charge in [-0.05, 0) is 38.9 Å². The highest BCUT2D eigenvalue weighted by Gasteiger charge is 2.41.